The first-order valence-electron chi connectivity index (χ1n) is 16.8. The van der Waals surface area contributed by atoms with E-state index in [-0.39, 0.29) is 48.2 Å². The summed E-state index contributed by atoms with van der Waals surface area (Å²) in [7, 11) is -5.86. The topological polar surface area (TPSA) is 245 Å². The van der Waals surface area contributed by atoms with Crippen LogP contribution in [0.4, 0.5) is 44.4 Å². The SMILES string of the molecule is COS(=O)(=O)c1ccc(Nc2nc(Nc3ccc(S(=O)(=O)OC)cc3)c(N=Nc3sc(N=Nc4ccccc4C#N)c(-c4ccc(Cl)cc4)c3C#N)c(C)c2C#N)cc1. The van der Waals surface area contributed by atoms with Crippen LogP contribution < -0.4 is 10.6 Å². The van der Waals surface area contributed by atoms with E-state index in [1.807, 2.05) is 0 Å². The molecular formula is C39H27ClN10O6S3. The number of hydrogen-bond acceptors (Lipinski definition) is 17. The number of anilines is 4. The zero-order valence-electron chi connectivity index (χ0n) is 30.9. The molecule has 294 valence electrons. The van der Waals surface area contributed by atoms with Crippen LogP contribution in [0.2, 0.25) is 5.02 Å². The summed E-state index contributed by atoms with van der Waals surface area (Å²) in [6, 6.07) is 30.9. The van der Waals surface area contributed by atoms with E-state index in [4.69, 9.17) is 11.6 Å². The van der Waals surface area contributed by atoms with Crippen molar-refractivity contribution in [2.45, 2.75) is 16.7 Å². The predicted octanol–water partition coefficient (Wildman–Crippen LogP) is 10.4. The molecule has 0 fully saturated rings. The number of halogens is 1. The Hall–Kier alpha value is -6.89. The zero-order chi connectivity index (χ0) is 42.3. The third-order valence-electron chi connectivity index (χ3n) is 8.41. The highest BCUT2D eigenvalue weighted by Gasteiger charge is 2.23. The minimum absolute atomic E-state index is 0.0545. The van der Waals surface area contributed by atoms with Crippen molar-refractivity contribution in [3.05, 3.63) is 124 Å². The molecule has 0 bridgehead atoms. The number of nitrogens with zero attached hydrogens (tertiary/aromatic N) is 8. The third-order valence-corrected chi connectivity index (χ3v) is 12.2. The fourth-order valence-corrected chi connectivity index (χ4v) is 7.76. The van der Waals surface area contributed by atoms with Crippen LogP contribution in [0.25, 0.3) is 11.1 Å². The van der Waals surface area contributed by atoms with Crippen molar-refractivity contribution in [3.8, 4) is 29.3 Å². The van der Waals surface area contributed by atoms with Crippen molar-refractivity contribution in [1.82, 2.24) is 4.98 Å². The molecule has 0 saturated heterocycles. The minimum atomic E-state index is -3.99. The van der Waals surface area contributed by atoms with Gasteiger partial charge in [0.25, 0.3) is 20.2 Å². The maximum atomic E-state index is 12.3. The van der Waals surface area contributed by atoms with Crippen LogP contribution in [0.3, 0.4) is 0 Å². The van der Waals surface area contributed by atoms with E-state index in [0.717, 1.165) is 25.6 Å². The van der Waals surface area contributed by atoms with Crippen LogP contribution in [0.15, 0.2) is 127 Å². The molecule has 2 heterocycles. The number of hydrogen-bond donors (Lipinski definition) is 2. The molecule has 0 saturated carbocycles. The molecule has 6 aromatic rings. The van der Waals surface area contributed by atoms with Crippen LogP contribution in [0.5, 0.6) is 0 Å². The number of nitriles is 3. The van der Waals surface area contributed by atoms with Gasteiger partial charge in [-0.1, -0.05) is 47.2 Å². The molecule has 0 aliphatic rings. The molecule has 20 heteroatoms. The first kappa shape index (κ1) is 41.7. The quantitative estimate of drug-likeness (QED) is 0.0813. The van der Waals surface area contributed by atoms with Crippen LogP contribution in [-0.2, 0) is 28.6 Å². The van der Waals surface area contributed by atoms with E-state index in [9.17, 15) is 32.6 Å². The number of azo groups is 2. The summed E-state index contributed by atoms with van der Waals surface area (Å²) in [6.45, 7) is 1.61. The van der Waals surface area contributed by atoms with Crippen molar-refractivity contribution in [1.29, 1.82) is 15.8 Å². The first-order chi connectivity index (χ1) is 28.3. The summed E-state index contributed by atoms with van der Waals surface area (Å²) in [5.41, 5.74) is 2.87. The molecular weight excluding hydrogens is 836 g/mol. The normalized spacial score (nSPS) is 11.6. The third kappa shape index (κ3) is 9.14. The first-order valence-corrected chi connectivity index (χ1v) is 20.8. The Bertz CT molecular complexity index is 2990. The largest absolute Gasteiger partial charge is 0.339 e. The average molecular weight is 863 g/mol. The molecule has 59 heavy (non-hydrogen) atoms. The lowest BCUT2D eigenvalue weighted by atomic mass is 10.0. The van der Waals surface area contributed by atoms with Gasteiger partial charge in [-0.3, -0.25) is 8.37 Å². The van der Waals surface area contributed by atoms with Gasteiger partial charge in [-0.25, -0.2) is 4.98 Å². The van der Waals surface area contributed by atoms with Gasteiger partial charge in [0, 0.05) is 27.5 Å². The molecule has 6 rings (SSSR count). The van der Waals surface area contributed by atoms with Crippen molar-refractivity contribution in [2.75, 3.05) is 24.9 Å². The number of benzene rings is 4. The van der Waals surface area contributed by atoms with Crippen LogP contribution in [-0.4, -0.2) is 36.0 Å². The van der Waals surface area contributed by atoms with E-state index in [0.29, 0.717) is 44.3 Å². The lowest BCUT2D eigenvalue weighted by molar-refractivity contribution is 0.396. The second-order valence-electron chi connectivity index (χ2n) is 11.9. The highest BCUT2D eigenvalue weighted by atomic mass is 35.5. The van der Waals surface area contributed by atoms with Gasteiger partial charge in [0.2, 0.25) is 0 Å². The summed E-state index contributed by atoms with van der Waals surface area (Å²) in [5, 5.41) is 55.2. The number of rotatable bonds is 13. The molecule has 2 N–H and O–H groups in total. The average Bonchev–Trinajstić information content (AvgIpc) is 3.60. The van der Waals surface area contributed by atoms with Crippen molar-refractivity contribution in [3.63, 3.8) is 0 Å². The summed E-state index contributed by atoms with van der Waals surface area (Å²) in [4.78, 5) is 4.48. The maximum absolute atomic E-state index is 12.3. The summed E-state index contributed by atoms with van der Waals surface area (Å²) < 4.78 is 58.1. The van der Waals surface area contributed by atoms with Gasteiger partial charge in [0.1, 0.15) is 40.1 Å². The Balaban J connectivity index is 1.49. The highest BCUT2D eigenvalue weighted by Crippen LogP contribution is 2.49. The molecule has 0 aliphatic carbocycles. The van der Waals surface area contributed by atoms with Crippen molar-refractivity contribution in [2.24, 2.45) is 20.5 Å². The molecule has 4 aromatic carbocycles. The number of pyridine rings is 1. The molecule has 16 nitrogen and oxygen atoms in total. The Morgan fingerprint density at radius 3 is 1.75 bits per heavy atom. The maximum Gasteiger partial charge on any atom is 0.296 e. The molecule has 0 spiro atoms. The lowest BCUT2D eigenvalue weighted by Crippen LogP contribution is -2.05. The molecule has 0 radical (unpaired) electrons. The van der Waals surface area contributed by atoms with Crippen LogP contribution in [0.1, 0.15) is 22.3 Å². The molecule has 0 amide bonds. The van der Waals surface area contributed by atoms with Crippen molar-refractivity contribution >= 4 is 87.6 Å². The number of nitrogens with one attached hydrogen (secondary N) is 2. The molecule has 2 aromatic heterocycles. The summed E-state index contributed by atoms with van der Waals surface area (Å²) >= 11 is 7.18. The molecule has 0 atom stereocenters. The summed E-state index contributed by atoms with van der Waals surface area (Å²) in [5.74, 6) is 0.126. The van der Waals surface area contributed by atoms with Gasteiger partial charge < -0.3 is 10.6 Å². The van der Waals surface area contributed by atoms with Gasteiger partial charge in [-0.15, -0.1) is 20.5 Å². The van der Waals surface area contributed by atoms with Crippen molar-refractivity contribution < 1.29 is 25.2 Å². The van der Waals surface area contributed by atoms with Gasteiger partial charge in [-0.05, 0) is 85.3 Å². The Morgan fingerprint density at radius 1 is 0.661 bits per heavy atom. The molecule has 0 unspecified atom stereocenters. The van der Waals surface area contributed by atoms with Gasteiger partial charge >= 0.3 is 0 Å². The second kappa shape index (κ2) is 17.7. The standard InChI is InChI=1S/C39H27ClN10O6S3/c1-23-31(21-42)36(44-27-12-16-29(17-13-27)58(51,52)55-2)46-37(45-28-14-18-30(19-15-28)59(53,54)56-3)35(23)48-49-38-32(22-43)34(24-8-10-26(40)11-9-24)39(57-38)50-47-33-7-5-4-6-25(33)20-41/h4-19H,1-3H3,(H2,44,45,46). The fraction of sp³-hybridized carbons (Fsp3) is 0.0769. The van der Waals surface area contributed by atoms with E-state index in [2.05, 4.69) is 62.6 Å². The summed E-state index contributed by atoms with van der Waals surface area (Å²) in [6.07, 6.45) is 0. The van der Waals surface area contributed by atoms with Crippen LogP contribution in [0, 0.1) is 40.9 Å². The van der Waals surface area contributed by atoms with Gasteiger partial charge in [-0.2, -0.15) is 32.6 Å². The minimum Gasteiger partial charge on any atom is -0.339 e. The van der Waals surface area contributed by atoms with Crippen LogP contribution >= 0.6 is 22.9 Å². The van der Waals surface area contributed by atoms with E-state index in [1.165, 1.54) is 48.5 Å². The smallest absolute Gasteiger partial charge is 0.296 e. The van der Waals surface area contributed by atoms with Gasteiger partial charge in [0.15, 0.2) is 16.6 Å². The highest BCUT2D eigenvalue weighted by molar-refractivity contribution is 7.87. The van der Waals surface area contributed by atoms with E-state index in [1.54, 1.807) is 55.5 Å². The second-order valence-corrected chi connectivity index (χ2v) is 16.8. The monoisotopic (exact) mass is 862 g/mol. The predicted molar refractivity (Wildman–Crippen MR) is 221 cm³/mol. The Kier molecular flexibility index (Phi) is 12.5. The Labute approximate surface area is 347 Å². The van der Waals surface area contributed by atoms with E-state index >= 15 is 0 Å². The number of aromatic nitrogens is 1. The number of thiophene rings is 1. The molecule has 0 aliphatic heterocycles. The van der Waals surface area contributed by atoms with E-state index < -0.39 is 20.2 Å². The fourth-order valence-electron chi connectivity index (χ4n) is 5.39. The zero-order valence-corrected chi connectivity index (χ0v) is 34.1. The Morgan fingerprint density at radius 2 is 1.20 bits per heavy atom. The van der Waals surface area contributed by atoms with Gasteiger partial charge in [0.05, 0.1) is 35.1 Å². The lowest BCUT2D eigenvalue weighted by Gasteiger charge is -2.16.